The third-order valence-corrected chi connectivity index (χ3v) is 8.32. The Morgan fingerprint density at radius 2 is 2.07 bits per heavy atom. The van der Waals surface area contributed by atoms with Gasteiger partial charge in [0.25, 0.3) is 10.0 Å². The van der Waals surface area contributed by atoms with Crippen LogP contribution in [0.15, 0.2) is 35.7 Å². The van der Waals surface area contributed by atoms with E-state index in [1.165, 1.54) is 12.5 Å². The SMILES string of the molecule is Cc1ccc(C(=O)CC2CCC3CN(S(=O)(=O)c4cn(C)cn4)CC23)cc1Cl. The van der Waals surface area contributed by atoms with Crippen molar-refractivity contribution in [1.29, 1.82) is 0 Å². The lowest BCUT2D eigenvalue weighted by Gasteiger charge is -2.19. The van der Waals surface area contributed by atoms with Gasteiger partial charge >= 0.3 is 0 Å². The fraction of sp³-hybridized carbons (Fsp3) is 0.500. The minimum atomic E-state index is -3.58. The summed E-state index contributed by atoms with van der Waals surface area (Å²) >= 11 is 6.16. The summed E-state index contributed by atoms with van der Waals surface area (Å²) in [5.74, 6) is 0.835. The Morgan fingerprint density at radius 3 is 2.75 bits per heavy atom. The summed E-state index contributed by atoms with van der Waals surface area (Å²) in [7, 11) is -1.82. The number of hydrogen-bond acceptors (Lipinski definition) is 4. The van der Waals surface area contributed by atoms with E-state index in [2.05, 4.69) is 4.98 Å². The van der Waals surface area contributed by atoms with Gasteiger partial charge in [0.15, 0.2) is 10.8 Å². The molecule has 0 radical (unpaired) electrons. The van der Waals surface area contributed by atoms with Crippen molar-refractivity contribution < 1.29 is 13.2 Å². The molecule has 1 aliphatic carbocycles. The molecule has 1 saturated carbocycles. The van der Waals surface area contributed by atoms with Crippen molar-refractivity contribution in [2.24, 2.45) is 24.8 Å². The van der Waals surface area contributed by atoms with Crippen molar-refractivity contribution in [2.75, 3.05) is 13.1 Å². The predicted octanol–water partition coefficient (Wildman–Crippen LogP) is 3.30. The van der Waals surface area contributed by atoms with Crippen LogP contribution in [0.25, 0.3) is 0 Å². The minimum absolute atomic E-state index is 0.0820. The smallest absolute Gasteiger partial charge is 0.262 e. The number of Topliss-reactive ketones (excluding diaryl/α,β-unsaturated/α-hetero) is 1. The third kappa shape index (κ3) is 3.51. The molecule has 1 saturated heterocycles. The maximum absolute atomic E-state index is 12.9. The molecular weight excluding hydrogens is 398 g/mol. The standard InChI is InChI=1S/C20H24ClN3O3S/c1-13-3-4-15(7-18(13)21)19(25)8-14-5-6-16-9-24(10-17(14)16)28(26,27)20-11-23(2)12-22-20/h3-4,7,11-12,14,16-17H,5-6,8-10H2,1-2H3. The highest BCUT2D eigenvalue weighted by atomic mass is 35.5. The van der Waals surface area contributed by atoms with Gasteiger partial charge < -0.3 is 4.57 Å². The minimum Gasteiger partial charge on any atom is -0.339 e. The summed E-state index contributed by atoms with van der Waals surface area (Å²) in [5, 5.41) is 0.695. The number of sulfonamides is 1. The zero-order valence-corrected chi connectivity index (χ0v) is 17.6. The monoisotopic (exact) mass is 421 g/mol. The molecule has 2 fully saturated rings. The number of halogens is 1. The quantitative estimate of drug-likeness (QED) is 0.694. The van der Waals surface area contributed by atoms with Crippen LogP contribution in [0.4, 0.5) is 0 Å². The van der Waals surface area contributed by atoms with E-state index in [-0.39, 0.29) is 22.6 Å². The molecule has 0 spiro atoms. The molecule has 6 nitrogen and oxygen atoms in total. The highest BCUT2D eigenvalue weighted by Gasteiger charge is 2.47. The van der Waals surface area contributed by atoms with E-state index in [4.69, 9.17) is 11.6 Å². The normalized spacial score (nSPS) is 25.2. The topological polar surface area (TPSA) is 72.3 Å². The van der Waals surface area contributed by atoms with Gasteiger partial charge in [0.05, 0.1) is 6.33 Å². The molecule has 4 rings (SSSR count). The van der Waals surface area contributed by atoms with E-state index in [0.717, 1.165) is 18.4 Å². The number of ketones is 1. The van der Waals surface area contributed by atoms with Crippen molar-refractivity contribution in [2.45, 2.75) is 31.2 Å². The van der Waals surface area contributed by atoms with Gasteiger partial charge in [-0.2, -0.15) is 4.31 Å². The summed E-state index contributed by atoms with van der Waals surface area (Å²) in [6.45, 7) is 2.90. The molecule has 1 aromatic heterocycles. The zero-order chi connectivity index (χ0) is 20.1. The van der Waals surface area contributed by atoms with Crippen LogP contribution in [-0.2, 0) is 17.1 Å². The average Bonchev–Trinajstić information content (AvgIpc) is 3.34. The Labute approximate surface area is 170 Å². The second-order valence-corrected chi connectivity index (χ2v) is 10.3. The molecular formula is C20H24ClN3O3S. The van der Waals surface area contributed by atoms with Crippen LogP contribution in [-0.4, -0.2) is 41.1 Å². The number of aromatic nitrogens is 2. The molecule has 28 heavy (non-hydrogen) atoms. The Bertz CT molecular complexity index is 1020. The van der Waals surface area contributed by atoms with Gasteiger partial charge in [0.2, 0.25) is 0 Å². The second kappa shape index (κ2) is 7.28. The molecule has 3 atom stereocenters. The van der Waals surface area contributed by atoms with E-state index < -0.39 is 10.0 Å². The third-order valence-electron chi connectivity index (χ3n) is 6.20. The number of nitrogens with zero attached hydrogens (tertiary/aromatic N) is 3. The predicted molar refractivity (Wildman–Crippen MR) is 107 cm³/mol. The fourth-order valence-corrected chi connectivity index (χ4v) is 6.24. The van der Waals surface area contributed by atoms with Crippen LogP contribution >= 0.6 is 11.6 Å². The van der Waals surface area contributed by atoms with Gasteiger partial charge in [0, 0.05) is 43.3 Å². The molecule has 2 heterocycles. The highest BCUT2D eigenvalue weighted by molar-refractivity contribution is 7.89. The second-order valence-electron chi connectivity index (χ2n) is 8.05. The van der Waals surface area contributed by atoms with Crippen LogP contribution in [0.5, 0.6) is 0 Å². The number of aryl methyl sites for hydroxylation is 2. The van der Waals surface area contributed by atoms with Gasteiger partial charge in [0.1, 0.15) is 0 Å². The maximum Gasteiger partial charge on any atom is 0.262 e. The number of rotatable bonds is 5. The maximum atomic E-state index is 12.9. The van der Waals surface area contributed by atoms with E-state index in [0.29, 0.717) is 36.0 Å². The molecule has 0 bridgehead atoms. The molecule has 0 N–H and O–H groups in total. The van der Waals surface area contributed by atoms with E-state index in [9.17, 15) is 13.2 Å². The number of carbonyl (C=O) groups excluding carboxylic acids is 1. The molecule has 0 amide bonds. The van der Waals surface area contributed by atoms with Gasteiger partial charge in [-0.1, -0.05) is 23.7 Å². The first-order chi connectivity index (χ1) is 13.3. The first kappa shape index (κ1) is 19.6. The average molecular weight is 422 g/mol. The number of fused-ring (bicyclic) bond motifs is 1. The van der Waals surface area contributed by atoms with Crippen molar-refractivity contribution >= 4 is 27.4 Å². The Kier molecular flexibility index (Phi) is 5.10. The lowest BCUT2D eigenvalue weighted by Crippen LogP contribution is -2.31. The number of benzene rings is 1. The number of hydrogen-bond donors (Lipinski definition) is 0. The summed E-state index contributed by atoms with van der Waals surface area (Å²) < 4.78 is 28.9. The summed E-state index contributed by atoms with van der Waals surface area (Å²) in [4.78, 5) is 16.8. The van der Waals surface area contributed by atoms with Gasteiger partial charge in [-0.15, -0.1) is 0 Å². The van der Waals surface area contributed by atoms with Crippen LogP contribution < -0.4 is 0 Å². The molecule has 2 aromatic rings. The van der Waals surface area contributed by atoms with E-state index in [1.54, 1.807) is 22.0 Å². The van der Waals surface area contributed by atoms with Crippen LogP contribution in [0, 0.1) is 24.7 Å². The van der Waals surface area contributed by atoms with Crippen LogP contribution in [0.3, 0.4) is 0 Å². The molecule has 1 aliphatic heterocycles. The molecule has 2 aliphatic rings. The van der Waals surface area contributed by atoms with Crippen LogP contribution in [0.1, 0.15) is 35.2 Å². The van der Waals surface area contributed by atoms with E-state index >= 15 is 0 Å². The van der Waals surface area contributed by atoms with Crippen molar-refractivity contribution in [3.8, 4) is 0 Å². The van der Waals surface area contributed by atoms with Gasteiger partial charge in [-0.05, 0) is 49.1 Å². The number of imidazole rings is 1. The first-order valence-electron chi connectivity index (χ1n) is 9.53. The summed E-state index contributed by atoms with van der Waals surface area (Å²) in [5.41, 5.74) is 1.58. The first-order valence-corrected chi connectivity index (χ1v) is 11.3. The number of carbonyl (C=O) groups is 1. The molecule has 3 unspecified atom stereocenters. The highest BCUT2D eigenvalue weighted by Crippen LogP contribution is 2.45. The zero-order valence-electron chi connectivity index (χ0n) is 16.0. The van der Waals surface area contributed by atoms with Gasteiger partial charge in [-0.3, -0.25) is 4.79 Å². The van der Waals surface area contributed by atoms with Crippen molar-refractivity contribution in [1.82, 2.24) is 13.9 Å². The largest absolute Gasteiger partial charge is 0.339 e. The molecule has 8 heteroatoms. The lowest BCUT2D eigenvalue weighted by atomic mass is 9.87. The van der Waals surface area contributed by atoms with Gasteiger partial charge in [-0.25, -0.2) is 13.4 Å². The van der Waals surface area contributed by atoms with Crippen molar-refractivity contribution in [3.05, 3.63) is 46.9 Å². The fourth-order valence-electron chi connectivity index (χ4n) is 4.56. The lowest BCUT2D eigenvalue weighted by molar-refractivity contribution is 0.0950. The summed E-state index contributed by atoms with van der Waals surface area (Å²) in [6.07, 6.45) is 5.41. The summed E-state index contributed by atoms with van der Waals surface area (Å²) in [6, 6.07) is 5.42. The van der Waals surface area contributed by atoms with E-state index in [1.807, 2.05) is 19.1 Å². The Balaban J connectivity index is 1.46. The molecule has 150 valence electrons. The van der Waals surface area contributed by atoms with Crippen LogP contribution in [0.2, 0.25) is 5.02 Å². The molecule has 1 aromatic carbocycles. The Morgan fingerprint density at radius 1 is 1.29 bits per heavy atom. The Hall–Kier alpha value is -1.70. The van der Waals surface area contributed by atoms with Crippen molar-refractivity contribution in [3.63, 3.8) is 0 Å².